The van der Waals surface area contributed by atoms with E-state index in [1.54, 1.807) is 0 Å². The lowest BCUT2D eigenvalue weighted by molar-refractivity contribution is 0.126. The Balaban J connectivity index is 1.48. The summed E-state index contributed by atoms with van der Waals surface area (Å²) in [6.07, 6.45) is 7.73. The monoisotopic (exact) mass is 356 g/mol. The second kappa shape index (κ2) is 7.76. The van der Waals surface area contributed by atoms with Gasteiger partial charge in [0.1, 0.15) is 17.9 Å². The molecule has 0 unspecified atom stereocenters. The van der Waals surface area contributed by atoms with Gasteiger partial charge in [0, 0.05) is 23.7 Å². The number of fused-ring (bicyclic) bond motifs is 1. The number of anilines is 1. The number of ether oxygens (including phenoxy) is 1. The SMILES string of the molecule is CN1CCC[C@H]1COc1cccc2cnc(NC3CCC(O)CC3)nc12. The quantitative estimate of drug-likeness (QED) is 0.858. The Morgan fingerprint density at radius 1 is 1.23 bits per heavy atom. The zero-order valence-corrected chi connectivity index (χ0v) is 15.4. The summed E-state index contributed by atoms with van der Waals surface area (Å²) in [7, 11) is 2.16. The van der Waals surface area contributed by atoms with Crippen LogP contribution < -0.4 is 10.1 Å². The zero-order valence-electron chi connectivity index (χ0n) is 15.4. The maximum atomic E-state index is 9.66. The van der Waals surface area contributed by atoms with Crippen molar-refractivity contribution in [1.29, 1.82) is 0 Å². The Morgan fingerprint density at radius 3 is 2.85 bits per heavy atom. The first-order valence-electron chi connectivity index (χ1n) is 9.72. The smallest absolute Gasteiger partial charge is 0.223 e. The number of aromatic nitrogens is 2. The molecule has 2 N–H and O–H groups in total. The summed E-state index contributed by atoms with van der Waals surface area (Å²) >= 11 is 0. The van der Waals surface area contributed by atoms with Crippen molar-refractivity contribution in [3.8, 4) is 5.75 Å². The first kappa shape index (κ1) is 17.5. The van der Waals surface area contributed by atoms with Crippen LogP contribution in [0.5, 0.6) is 5.75 Å². The molecule has 1 saturated carbocycles. The van der Waals surface area contributed by atoms with E-state index in [1.807, 2.05) is 24.4 Å². The number of nitrogens with one attached hydrogen (secondary N) is 1. The van der Waals surface area contributed by atoms with Crippen LogP contribution in [0.4, 0.5) is 5.95 Å². The van der Waals surface area contributed by atoms with E-state index in [2.05, 4.69) is 22.2 Å². The topological polar surface area (TPSA) is 70.5 Å². The number of aliphatic hydroxyl groups is 1. The van der Waals surface area contributed by atoms with Crippen LogP contribution in [-0.2, 0) is 0 Å². The number of hydrogen-bond donors (Lipinski definition) is 2. The highest BCUT2D eigenvalue weighted by Crippen LogP contribution is 2.27. The first-order chi connectivity index (χ1) is 12.7. The molecule has 1 aliphatic heterocycles. The van der Waals surface area contributed by atoms with E-state index in [-0.39, 0.29) is 6.10 Å². The first-order valence-corrected chi connectivity index (χ1v) is 9.72. The summed E-state index contributed by atoms with van der Waals surface area (Å²) < 4.78 is 6.14. The lowest BCUT2D eigenvalue weighted by atomic mass is 9.93. The van der Waals surface area contributed by atoms with Gasteiger partial charge >= 0.3 is 0 Å². The second-order valence-corrected chi connectivity index (χ2v) is 7.63. The van der Waals surface area contributed by atoms with Crippen LogP contribution in [0, 0.1) is 0 Å². The molecule has 6 heteroatoms. The summed E-state index contributed by atoms with van der Waals surface area (Å²) in [5.41, 5.74) is 0.862. The van der Waals surface area contributed by atoms with Crippen molar-refractivity contribution in [3.05, 3.63) is 24.4 Å². The van der Waals surface area contributed by atoms with E-state index < -0.39 is 0 Å². The van der Waals surface area contributed by atoms with Crippen LogP contribution >= 0.6 is 0 Å². The number of rotatable bonds is 5. The van der Waals surface area contributed by atoms with Crippen molar-refractivity contribution in [3.63, 3.8) is 0 Å². The molecule has 0 radical (unpaired) electrons. The Kier molecular flexibility index (Phi) is 5.22. The van der Waals surface area contributed by atoms with Gasteiger partial charge in [-0.15, -0.1) is 0 Å². The van der Waals surface area contributed by atoms with Crippen LogP contribution in [0.15, 0.2) is 24.4 Å². The largest absolute Gasteiger partial charge is 0.490 e. The molecule has 140 valence electrons. The Labute approximate surface area is 154 Å². The molecular formula is C20H28N4O2. The minimum atomic E-state index is -0.153. The van der Waals surface area contributed by atoms with Gasteiger partial charge in [-0.05, 0) is 58.2 Å². The van der Waals surface area contributed by atoms with Gasteiger partial charge in [-0.1, -0.05) is 12.1 Å². The third-order valence-corrected chi connectivity index (χ3v) is 5.71. The Morgan fingerprint density at radius 2 is 2.08 bits per heavy atom. The third-order valence-electron chi connectivity index (χ3n) is 5.71. The van der Waals surface area contributed by atoms with Crippen LogP contribution in [0.2, 0.25) is 0 Å². The number of benzene rings is 1. The molecule has 0 spiro atoms. The normalized spacial score (nSPS) is 26.9. The van der Waals surface area contributed by atoms with E-state index in [4.69, 9.17) is 9.72 Å². The van der Waals surface area contributed by atoms with Gasteiger partial charge in [0.15, 0.2) is 0 Å². The van der Waals surface area contributed by atoms with Gasteiger partial charge < -0.3 is 20.1 Å². The number of nitrogens with zero attached hydrogens (tertiary/aromatic N) is 3. The zero-order chi connectivity index (χ0) is 17.9. The highest BCUT2D eigenvalue weighted by atomic mass is 16.5. The maximum absolute atomic E-state index is 9.66. The molecule has 2 fully saturated rings. The molecule has 1 aromatic carbocycles. The molecule has 2 aromatic rings. The van der Waals surface area contributed by atoms with Crippen molar-refractivity contribution in [2.75, 3.05) is 25.5 Å². The van der Waals surface area contributed by atoms with E-state index in [0.29, 0.717) is 24.6 Å². The van der Waals surface area contributed by atoms with E-state index >= 15 is 0 Å². The fraction of sp³-hybridized carbons (Fsp3) is 0.600. The van der Waals surface area contributed by atoms with Gasteiger partial charge in [-0.2, -0.15) is 0 Å². The van der Waals surface area contributed by atoms with Gasteiger partial charge in [0.2, 0.25) is 5.95 Å². The molecule has 0 bridgehead atoms. The predicted molar refractivity (Wildman–Crippen MR) is 103 cm³/mol. The summed E-state index contributed by atoms with van der Waals surface area (Å²) in [5.74, 6) is 1.47. The Bertz CT molecular complexity index is 746. The van der Waals surface area contributed by atoms with Crippen molar-refractivity contribution in [2.45, 2.75) is 56.7 Å². The number of likely N-dealkylation sites (tertiary alicyclic amines) is 1. The number of para-hydroxylation sites is 1. The molecule has 1 atom stereocenters. The summed E-state index contributed by atoms with van der Waals surface area (Å²) in [5, 5.41) is 14.1. The van der Waals surface area contributed by atoms with Gasteiger partial charge in [0.25, 0.3) is 0 Å². The molecule has 2 heterocycles. The number of likely N-dealkylation sites (N-methyl/N-ethyl adjacent to an activating group) is 1. The maximum Gasteiger partial charge on any atom is 0.223 e. The lowest BCUT2D eigenvalue weighted by Crippen LogP contribution is -2.30. The fourth-order valence-corrected chi connectivity index (χ4v) is 3.99. The summed E-state index contributed by atoms with van der Waals surface area (Å²) in [6, 6.07) is 6.82. The standard InChI is InChI=1S/C20H28N4O2/c1-24-11-3-5-16(24)13-26-18-6-2-4-14-12-21-20(23-19(14)18)22-15-7-9-17(25)10-8-15/h2,4,6,12,15-17,25H,3,5,7-11,13H2,1H3,(H,21,22,23)/t15?,16-,17?/m0/s1. The molecule has 1 saturated heterocycles. The summed E-state index contributed by atoms with van der Waals surface area (Å²) in [4.78, 5) is 11.6. The summed E-state index contributed by atoms with van der Waals surface area (Å²) in [6.45, 7) is 1.85. The van der Waals surface area contributed by atoms with Crippen LogP contribution in [0.25, 0.3) is 10.9 Å². The van der Waals surface area contributed by atoms with E-state index in [9.17, 15) is 5.11 Å². The molecule has 6 nitrogen and oxygen atoms in total. The second-order valence-electron chi connectivity index (χ2n) is 7.63. The van der Waals surface area contributed by atoms with Gasteiger partial charge in [-0.25, -0.2) is 9.97 Å². The molecule has 2 aliphatic rings. The van der Waals surface area contributed by atoms with Crippen molar-refractivity contribution in [1.82, 2.24) is 14.9 Å². The van der Waals surface area contributed by atoms with E-state index in [1.165, 1.54) is 12.8 Å². The van der Waals surface area contributed by atoms with Gasteiger partial charge in [-0.3, -0.25) is 0 Å². The van der Waals surface area contributed by atoms with Crippen LogP contribution in [0.1, 0.15) is 38.5 Å². The van der Waals surface area contributed by atoms with Crippen LogP contribution in [0.3, 0.4) is 0 Å². The molecule has 1 aliphatic carbocycles. The molecular weight excluding hydrogens is 328 g/mol. The fourth-order valence-electron chi connectivity index (χ4n) is 3.99. The van der Waals surface area contributed by atoms with Crippen molar-refractivity contribution >= 4 is 16.9 Å². The Hall–Kier alpha value is -1.92. The van der Waals surface area contributed by atoms with Gasteiger partial charge in [0.05, 0.1) is 6.10 Å². The number of aliphatic hydroxyl groups excluding tert-OH is 1. The average molecular weight is 356 g/mol. The average Bonchev–Trinajstić information content (AvgIpc) is 3.07. The van der Waals surface area contributed by atoms with Crippen LogP contribution in [-0.4, -0.2) is 58.4 Å². The molecule has 4 rings (SSSR count). The highest BCUT2D eigenvalue weighted by molar-refractivity contribution is 5.84. The minimum Gasteiger partial charge on any atom is -0.490 e. The van der Waals surface area contributed by atoms with Crippen molar-refractivity contribution in [2.24, 2.45) is 0 Å². The highest BCUT2D eigenvalue weighted by Gasteiger charge is 2.22. The van der Waals surface area contributed by atoms with Crippen molar-refractivity contribution < 1.29 is 9.84 Å². The molecule has 26 heavy (non-hydrogen) atoms. The number of hydrogen-bond acceptors (Lipinski definition) is 6. The molecule has 1 aromatic heterocycles. The third kappa shape index (κ3) is 3.91. The molecule has 0 amide bonds. The lowest BCUT2D eigenvalue weighted by Gasteiger charge is -2.26. The van der Waals surface area contributed by atoms with E-state index in [0.717, 1.165) is 48.9 Å². The minimum absolute atomic E-state index is 0.153. The predicted octanol–water partition coefficient (Wildman–Crippen LogP) is 2.82.